The van der Waals surface area contributed by atoms with E-state index in [1.807, 2.05) is 111 Å². The average molecular weight is 855 g/mol. The van der Waals surface area contributed by atoms with E-state index < -0.39 is 19.7 Å². The molecule has 0 aliphatic heterocycles. The average Bonchev–Trinajstić information content (AvgIpc) is 3.30. The smallest absolute Gasteiger partial charge is 0.206 e. The lowest BCUT2D eigenvalue weighted by molar-refractivity contribution is 0.228. The molecule has 8 heteroatoms. The fourth-order valence-electron chi connectivity index (χ4n) is 7.31. The van der Waals surface area contributed by atoms with E-state index in [0.29, 0.717) is 23.2 Å². The second-order valence-corrected chi connectivity index (χ2v) is 19.5. The molecule has 1 unspecified atom stereocenters. The molecule has 0 N–H and O–H groups in total. The Balaban J connectivity index is 1.07. The van der Waals surface area contributed by atoms with Gasteiger partial charge in [0.15, 0.2) is 0 Å². The molecule has 0 saturated heterocycles. The van der Waals surface area contributed by atoms with Gasteiger partial charge in [0.05, 0.1) is 19.6 Å². The highest BCUT2D eigenvalue weighted by Crippen LogP contribution is 2.41. The summed E-state index contributed by atoms with van der Waals surface area (Å²) < 4.78 is 66.7. The Morgan fingerprint density at radius 3 is 1.27 bits per heavy atom. The second kappa shape index (κ2) is 17.7. The van der Waals surface area contributed by atoms with Crippen molar-refractivity contribution in [2.75, 3.05) is 0 Å². The minimum Gasteiger partial charge on any atom is -0.485 e. The molecule has 8 rings (SSSR count). The van der Waals surface area contributed by atoms with Gasteiger partial charge in [0, 0.05) is 11.1 Å². The van der Waals surface area contributed by atoms with Crippen LogP contribution in [0.4, 0.5) is 0 Å². The van der Waals surface area contributed by atoms with Gasteiger partial charge >= 0.3 is 0 Å². The van der Waals surface area contributed by atoms with Gasteiger partial charge in [0.2, 0.25) is 19.7 Å². The minimum absolute atomic E-state index is 0.194. The van der Waals surface area contributed by atoms with E-state index in [9.17, 15) is 16.8 Å². The number of hydrogen-bond donors (Lipinski definition) is 0. The molecule has 62 heavy (non-hydrogen) atoms. The van der Waals surface area contributed by atoms with Gasteiger partial charge in [-0.3, -0.25) is 0 Å². The third-order valence-corrected chi connectivity index (χ3v) is 14.5. The Kier molecular flexibility index (Phi) is 12.0. The van der Waals surface area contributed by atoms with Crippen LogP contribution in [0, 0.1) is 6.92 Å². The van der Waals surface area contributed by atoms with Crippen LogP contribution in [-0.2, 0) is 19.7 Å². The molecule has 8 aromatic carbocycles. The van der Waals surface area contributed by atoms with Gasteiger partial charge in [-0.05, 0) is 138 Å². The first-order valence-corrected chi connectivity index (χ1v) is 23.4. The largest absolute Gasteiger partial charge is 0.485 e. The van der Waals surface area contributed by atoms with Crippen molar-refractivity contribution in [2.24, 2.45) is 0 Å². The van der Waals surface area contributed by atoms with Crippen molar-refractivity contribution in [1.82, 2.24) is 0 Å². The number of sulfone groups is 2. The quantitative estimate of drug-likeness (QED) is 0.115. The third kappa shape index (κ3) is 8.98. The van der Waals surface area contributed by atoms with Crippen molar-refractivity contribution in [3.05, 3.63) is 211 Å². The van der Waals surface area contributed by atoms with E-state index in [-0.39, 0.29) is 25.7 Å². The molecule has 0 heterocycles. The Labute approximate surface area is 364 Å². The van der Waals surface area contributed by atoms with Crippen molar-refractivity contribution in [2.45, 2.75) is 59.3 Å². The molecule has 6 nitrogen and oxygen atoms in total. The van der Waals surface area contributed by atoms with Crippen LogP contribution in [-0.4, -0.2) is 16.8 Å². The van der Waals surface area contributed by atoms with Crippen molar-refractivity contribution in [1.29, 1.82) is 0 Å². The molecule has 0 bridgehead atoms. The summed E-state index contributed by atoms with van der Waals surface area (Å²) in [5.74, 6) is 2.12. The van der Waals surface area contributed by atoms with Crippen molar-refractivity contribution in [3.63, 3.8) is 0 Å². The van der Waals surface area contributed by atoms with Crippen LogP contribution in [0.1, 0.15) is 49.5 Å². The van der Waals surface area contributed by atoms with Crippen LogP contribution in [0.3, 0.4) is 0 Å². The summed E-state index contributed by atoms with van der Waals surface area (Å²) in [7, 11) is -7.37. The molecule has 8 aromatic rings. The lowest BCUT2D eigenvalue weighted by atomic mass is 9.95. The zero-order chi connectivity index (χ0) is 43.4. The zero-order valence-corrected chi connectivity index (χ0v) is 36.5. The van der Waals surface area contributed by atoms with E-state index in [0.717, 1.165) is 50.1 Å². The molecule has 0 aromatic heterocycles. The zero-order valence-electron chi connectivity index (χ0n) is 34.9. The molecule has 0 aliphatic rings. The minimum atomic E-state index is -3.71. The van der Waals surface area contributed by atoms with Crippen molar-refractivity contribution in [3.8, 4) is 50.6 Å². The Morgan fingerprint density at radius 1 is 0.403 bits per heavy atom. The predicted octanol–water partition coefficient (Wildman–Crippen LogP) is 13.7. The van der Waals surface area contributed by atoms with Crippen molar-refractivity contribution >= 4 is 19.7 Å². The molecule has 0 aliphatic carbocycles. The molecule has 0 radical (unpaired) electrons. The molecule has 0 spiro atoms. The molecule has 0 saturated carbocycles. The Morgan fingerprint density at radius 2 is 0.806 bits per heavy atom. The Bertz CT molecular complexity index is 3040. The van der Waals surface area contributed by atoms with Gasteiger partial charge in [-0.25, -0.2) is 16.8 Å². The van der Waals surface area contributed by atoms with Gasteiger partial charge in [0.25, 0.3) is 0 Å². The van der Waals surface area contributed by atoms with Gasteiger partial charge in [-0.1, -0.05) is 129 Å². The van der Waals surface area contributed by atoms with Crippen LogP contribution >= 0.6 is 0 Å². The van der Waals surface area contributed by atoms with E-state index in [4.69, 9.17) is 9.47 Å². The number of rotatable bonds is 13. The number of aryl methyl sites for hydroxylation is 1. The third-order valence-electron chi connectivity index (χ3n) is 11.0. The van der Waals surface area contributed by atoms with Gasteiger partial charge in [-0.15, -0.1) is 0 Å². The second-order valence-electron chi connectivity index (χ2n) is 15.6. The van der Waals surface area contributed by atoms with Crippen LogP contribution in [0.2, 0.25) is 0 Å². The van der Waals surface area contributed by atoms with Gasteiger partial charge in [0.1, 0.15) is 23.4 Å². The maximum absolute atomic E-state index is 13.5. The standard InChI is InChI=1S/C54H46O6S2/c1-37(2)40-17-27-48(28-18-40)62(57,58)50-31-23-46(24-32-50)60-54-34-22-45(36-52(54)43-13-9-6-10-14-43)44-21-33-53(51(35-44)42-11-7-5-8-12-42)59-39(4)41-19-29-49(30-20-41)61(55,56)47-25-15-38(3)16-26-47/h5-37,39H,1-4H3. The topological polar surface area (TPSA) is 86.7 Å². The summed E-state index contributed by atoms with van der Waals surface area (Å²) >= 11 is 0. The summed E-state index contributed by atoms with van der Waals surface area (Å²) in [6, 6.07) is 59.6. The highest BCUT2D eigenvalue weighted by atomic mass is 32.2. The highest BCUT2D eigenvalue weighted by molar-refractivity contribution is 7.91. The fourth-order valence-corrected chi connectivity index (χ4v) is 9.83. The summed E-state index contributed by atoms with van der Waals surface area (Å²) in [6.45, 7) is 8.03. The predicted molar refractivity (Wildman–Crippen MR) is 247 cm³/mol. The molecule has 0 fully saturated rings. The summed E-state index contributed by atoms with van der Waals surface area (Å²) in [4.78, 5) is 0.931. The molecular formula is C54H46O6S2. The van der Waals surface area contributed by atoms with Gasteiger partial charge in [-0.2, -0.15) is 0 Å². The molecule has 1 atom stereocenters. The van der Waals surface area contributed by atoms with Crippen LogP contribution < -0.4 is 9.47 Å². The molecule has 310 valence electrons. The molecular weight excluding hydrogens is 809 g/mol. The lowest BCUT2D eigenvalue weighted by Crippen LogP contribution is -2.06. The van der Waals surface area contributed by atoms with E-state index in [2.05, 4.69) is 26.0 Å². The highest BCUT2D eigenvalue weighted by Gasteiger charge is 2.21. The number of hydrogen-bond acceptors (Lipinski definition) is 6. The van der Waals surface area contributed by atoms with Crippen LogP contribution in [0.5, 0.6) is 17.2 Å². The first-order valence-electron chi connectivity index (χ1n) is 20.5. The molecule has 0 amide bonds. The van der Waals surface area contributed by atoms with E-state index >= 15 is 0 Å². The SMILES string of the molecule is Cc1ccc(S(=O)(=O)c2ccc(C(C)Oc3ccc(-c4ccc(Oc5ccc(S(=O)(=O)c6ccc(C(C)C)cc6)cc5)c(-c5ccccc5)c4)cc3-c3ccccc3)cc2)cc1. The van der Waals surface area contributed by atoms with Crippen LogP contribution in [0.15, 0.2) is 214 Å². The van der Waals surface area contributed by atoms with E-state index in [1.165, 1.54) is 0 Å². The van der Waals surface area contributed by atoms with Gasteiger partial charge < -0.3 is 9.47 Å². The maximum atomic E-state index is 13.5. The van der Waals surface area contributed by atoms with Crippen LogP contribution in [0.25, 0.3) is 33.4 Å². The summed E-state index contributed by atoms with van der Waals surface area (Å²) in [5, 5.41) is 0. The maximum Gasteiger partial charge on any atom is 0.206 e. The van der Waals surface area contributed by atoms with E-state index in [1.54, 1.807) is 84.9 Å². The fraction of sp³-hybridized carbons (Fsp3) is 0.111. The summed E-state index contributed by atoms with van der Waals surface area (Å²) in [6.07, 6.45) is -0.383. The Hall–Kier alpha value is -6.74. The number of ether oxygens (including phenoxy) is 2. The first-order chi connectivity index (χ1) is 29.9. The first kappa shape index (κ1) is 42.0. The normalized spacial score (nSPS) is 12.2. The number of benzene rings is 8. The summed E-state index contributed by atoms with van der Waals surface area (Å²) in [5.41, 5.74) is 8.56. The monoisotopic (exact) mass is 854 g/mol. The lowest BCUT2D eigenvalue weighted by Gasteiger charge is -2.20. The van der Waals surface area contributed by atoms with Crippen molar-refractivity contribution < 1.29 is 26.3 Å².